The molecule has 17 nitrogen and oxygen atoms in total. The van der Waals surface area contributed by atoms with Gasteiger partial charge < -0.3 is 52.5 Å². The van der Waals surface area contributed by atoms with Crippen molar-refractivity contribution >= 4 is 20.2 Å². The third kappa shape index (κ3) is 22.2. The van der Waals surface area contributed by atoms with Crippen LogP contribution in [0.15, 0.2) is 253 Å². The first kappa shape index (κ1) is 72.7. The summed E-state index contributed by atoms with van der Waals surface area (Å²) in [6.07, 6.45) is -6.34. The van der Waals surface area contributed by atoms with Crippen LogP contribution in [0.2, 0.25) is 0 Å². The van der Waals surface area contributed by atoms with Gasteiger partial charge in [-0.1, -0.05) is 231 Å². The second kappa shape index (κ2) is 37.8. The Balaban J connectivity index is 0.000000239. The Hall–Kier alpha value is -7.12. The van der Waals surface area contributed by atoms with Gasteiger partial charge >= 0.3 is 0 Å². The molecule has 94 heavy (non-hydrogen) atoms. The Bertz CT molecular complexity index is 3640. The number of rotatable bonds is 33. The van der Waals surface area contributed by atoms with Gasteiger partial charge in [-0.15, -0.1) is 6.58 Å². The molecule has 0 aromatic heterocycles. The SMILES string of the molecule is C.C=CCO[C@H]1O[C@H](COS(=O)(=O)c2ccc(C)cc2)[C@@H](OCc2ccccc2)[C@H](OCc2ccccc2)[C@H]1OCc1ccccc1.Cc1ccc(S(=O)(=O)OC[C@H]2O[C@H](OCCCO)[C@H](OCc3ccccc3)[C@@H](OCc3ccccc3)[C@@H]2OCc2ccccc2)cc1. The molecule has 2 aliphatic heterocycles. The predicted octanol–water partition coefficient (Wildman–Crippen LogP) is 12.6. The molecule has 19 heteroatoms. The lowest BCUT2D eigenvalue weighted by molar-refractivity contribution is -0.326. The van der Waals surface area contributed by atoms with E-state index in [1.165, 1.54) is 24.3 Å². The van der Waals surface area contributed by atoms with Crippen LogP contribution in [-0.4, -0.2) is 116 Å². The summed E-state index contributed by atoms with van der Waals surface area (Å²) in [6, 6.07) is 71.3. The number of aliphatic hydroxyl groups is 1. The number of aryl methyl sites for hydroxylation is 2. The van der Waals surface area contributed by atoms with Gasteiger partial charge in [0.25, 0.3) is 20.2 Å². The monoisotopic (exact) mass is 1320 g/mol. The zero-order valence-corrected chi connectivity index (χ0v) is 53.9. The van der Waals surface area contributed by atoms with Crippen molar-refractivity contribution in [3.8, 4) is 0 Å². The van der Waals surface area contributed by atoms with Gasteiger partial charge in [-0.05, 0) is 77.9 Å². The molecular formula is C75H86O17S2. The van der Waals surface area contributed by atoms with Gasteiger partial charge in [0.05, 0.1) is 75.9 Å². The van der Waals surface area contributed by atoms with Crippen LogP contribution in [0.5, 0.6) is 0 Å². The molecule has 500 valence electrons. The topological polar surface area (TPSA) is 199 Å². The van der Waals surface area contributed by atoms with Crippen LogP contribution in [0, 0.1) is 13.8 Å². The zero-order valence-electron chi connectivity index (χ0n) is 52.3. The number of aliphatic hydroxyl groups excluding tert-OH is 1. The number of ether oxygens (including phenoxy) is 10. The van der Waals surface area contributed by atoms with Crippen molar-refractivity contribution < 1.29 is 77.7 Å². The molecule has 8 aromatic rings. The molecule has 0 amide bonds. The highest BCUT2D eigenvalue weighted by molar-refractivity contribution is 7.87. The lowest BCUT2D eigenvalue weighted by atomic mass is 9.98. The molecule has 8 aromatic carbocycles. The highest BCUT2D eigenvalue weighted by Gasteiger charge is 2.51. The summed E-state index contributed by atoms with van der Waals surface area (Å²) in [5, 5.41) is 9.46. The minimum Gasteiger partial charge on any atom is -0.396 e. The minimum absolute atomic E-state index is 0. The number of hydrogen-bond acceptors (Lipinski definition) is 17. The zero-order chi connectivity index (χ0) is 65.1. The maximum Gasteiger partial charge on any atom is 0.297 e. The van der Waals surface area contributed by atoms with Crippen LogP contribution >= 0.6 is 0 Å². The molecular weight excluding hydrogens is 1240 g/mol. The fraction of sp³-hybridized carbons (Fsp3) is 0.333. The summed E-state index contributed by atoms with van der Waals surface area (Å²) in [5.74, 6) is 0. The minimum atomic E-state index is -4.12. The third-order valence-electron chi connectivity index (χ3n) is 15.3. The largest absolute Gasteiger partial charge is 0.396 e. The van der Waals surface area contributed by atoms with Gasteiger partial charge in [0.15, 0.2) is 12.6 Å². The Labute approximate surface area is 554 Å². The van der Waals surface area contributed by atoms with Crippen molar-refractivity contribution in [2.75, 3.05) is 33.0 Å². The molecule has 2 aliphatic rings. The molecule has 0 bridgehead atoms. The third-order valence-corrected chi connectivity index (χ3v) is 17.8. The van der Waals surface area contributed by atoms with Gasteiger partial charge in [-0.3, -0.25) is 8.37 Å². The molecule has 0 aliphatic carbocycles. The first-order chi connectivity index (χ1) is 45.3. The second-order valence-corrected chi connectivity index (χ2v) is 25.6. The Morgan fingerprint density at radius 3 is 0.947 bits per heavy atom. The van der Waals surface area contributed by atoms with E-state index < -0.39 is 81.6 Å². The van der Waals surface area contributed by atoms with E-state index in [2.05, 4.69) is 6.58 Å². The maximum atomic E-state index is 13.2. The van der Waals surface area contributed by atoms with Crippen LogP contribution in [0.1, 0.15) is 58.4 Å². The molecule has 0 saturated carbocycles. The maximum absolute atomic E-state index is 13.2. The van der Waals surface area contributed by atoms with Crippen molar-refractivity contribution in [1.82, 2.24) is 0 Å². The van der Waals surface area contributed by atoms with E-state index in [-0.39, 0.29) is 89.9 Å². The van der Waals surface area contributed by atoms with Crippen LogP contribution in [0.3, 0.4) is 0 Å². The molecule has 10 rings (SSSR count). The van der Waals surface area contributed by atoms with Gasteiger partial charge in [0, 0.05) is 6.61 Å². The number of benzene rings is 8. The molecule has 0 spiro atoms. The van der Waals surface area contributed by atoms with Crippen LogP contribution in [0.25, 0.3) is 0 Å². The molecule has 1 N–H and O–H groups in total. The normalized spacial score (nSPS) is 21.3. The number of hydrogen-bond donors (Lipinski definition) is 1. The fourth-order valence-electron chi connectivity index (χ4n) is 10.3. The summed E-state index contributed by atoms with van der Waals surface area (Å²) in [5.41, 5.74) is 7.52. The van der Waals surface area contributed by atoms with Crippen molar-refractivity contribution in [2.24, 2.45) is 0 Å². The lowest BCUT2D eigenvalue weighted by Crippen LogP contribution is -2.62. The van der Waals surface area contributed by atoms with E-state index >= 15 is 0 Å². The molecule has 0 radical (unpaired) electrons. The standard InChI is InChI=1S/C37H42O9S.C37H40O8S.CH4/c1-28-18-20-32(21-19-28)47(39,40)45-27-33-34(42-24-29-12-5-2-6-13-29)35(43-25-30-14-7-3-8-15-30)36(37(46-33)41-23-11-22-38)44-26-31-16-9-4-10-17-31;1-3-23-40-37-36(43-26-31-17-11-6-12-18-31)35(42-25-30-15-9-5-10-16-30)34(41-24-29-13-7-4-8-14-29)33(45-37)27-44-46(38,39)32-21-19-28(2)20-22-32;/h2-10,12-21,33-38H,11,22-27H2,1H3;3-22,33-37H,1,23-27H2,2H3;1H4/t2*33-,34-,35+,36-,37+;/m11./s1. The first-order valence-electron chi connectivity index (χ1n) is 31.0. The quantitative estimate of drug-likeness (QED) is 0.0231. The van der Waals surface area contributed by atoms with Gasteiger partial charge in [-0.25, -0.2) is 0 Å². The van der Waals surface area contributed by atoms with Crippen LogP contribution in [-0.2, 0) is 116 Å². The molecule has 2 heterocycles. The lowest BCUT2D eigenvalue weighted by Gasteiger charge is -2.45. The van der Waals surface area contributed by atoms with Gasteiger partial charge in [-0.2, -0.15) is 16.8 Å². The van der Waals surface area contributed by atoms with Gasteiger partial charge in [0.2, 0.25) is 0 Å². The molecule has 0 unspecified atom stereocenters. The van der Waals surface area contributed by atoms with Crippen LogP contribution < -0.4 is 0 Å². The highest BCUT2D eigenvalue weighted by Crippen LogP contribution is 2.35. The summed E-state index contributed by atoms with van der Waals surface area (Å²) >= 11 is 0. The van der Waals surface area contributed by atoms with E-state index in [0.717, 1.165) is 44.5 Å². The van der Waals surface area contributed by atoms with Gasteiger partial charge in [0.1, 0.15) is 48.8 Å². The smallest absolute Gasteiger partial charge is 0.297 e. The summed E-state index contributed by atoms with van der Waals surface area (Å²) in [4.78, 5) is 0.0911. The average Bonchev–Trinajstić information content (AvgIpc) is 0.800. The van der Waals surface area contributed by atoms with E-state index in [4.69, 9.17) is 55.7 Å². The van der Waals surface area contributed by atoms with Crippen molar-refractivity contribution in [3.63, 3.8) is 0 Å². The Kier molecular flexibility index (Phi) is 29.3. The summed E-state index contributed by atoms with van der Waals surface area (Å²) in [7, 11) is -8.22. The molecule has 10 atom stereocenters. The van der Waals surface area contributed by atoms with Crippen molar-refractivity contribution in [2.45, 2.75) is 139 Å². The van der Waals surface area contributed by atoms with Crippen LogP contribution in [0.4, 0.5) is 0 Å². The molecule has 2 saturated heterocycles. The summed E-state index contributed by atoms with van der Waals surface area (Å²) < 4.78 is 128. The second-order valence-electron chi connectivity index (χ2n) is 22.3. The highest BCUT2D eigenvalue weighted by atomic mass is 32.2. The first-order valence-corrected chi connectivity index (χ1v) is 33.8. The van der Waals surface area contributed by atoms with E-state index in [9.17, 15) is 21.9 Å². The summed E-state index contributed by atoms with van der Waals surface area (Å²) in [6.45, 7) is 8.59. The fourth-order valence-corrected chi connectivity index (χ4v) is 12.2. The van der Waals surface area contributed by atoms with E-state index in [0.29, 0.717) is 6.42 Å². The Morgan fingerprint density at radius 2 is 0.660 bits per heavy atom. The van der Waals surface area contributed by atoms with Crippen molar-refractivity contribution in [1.29, 1.82) is 0 Å². The average molecular weight is 1320 g/mol. The van der Waals surface area contributed by atoms with Crippen molar-refractivity contribution in [3.05, 3.63) is 288 Å². The van der Waals surface area contributed by atoms with E-state index in [1.807, 2.05) is 196 Å². The Morgan fingerprint density at radius 1 is 0.383 bits per heavy atom. The molecule has 2 fully saturated rings. The predicted molar refractivity (Wildman–Crippen MR) is 357 cm³/mol. The van der Waals surface area contributed by atoms with E-state index in [1.54, 1.807) is 30.3 Å².